The molecule has 0 saturated heterocycles. The van der Waals surface area contributed by atoms with E-state index >= 15 is 0 Å². The Balaban J connectivity index is 0. The second-order valence-electron chi connectivity index (χ2n) is 5.54. The lowest BCUT2D eigenvalue weighted by atomic mass is 10.1. The molecule has 1 amide bonds. The topological polar surface area (TPSA) is 44.4 Å². The summed E-state index contributed by atoms with van der Waals surface area (Å²) in [6.45, 7) is 10.5. The zero-order chi connectivity index (χ0) is 14.6. The van der Waals surface area contributed by atoms with Crippen molar-refractivity contribution in [3.05, 3.63) is 11.6 Å². The van der Waals surface area contributed by atoms with Gasteiger partial charge in [-0.1, -0.05) is 25.5 Å². The quantitative estimate of drug-likeness (QED) is 0.593. The van der Waals surface area contributed by atoms with E-state index in [0.717, 1.165) is 52.1 Å². The van der Waals surface area contributed by atoms with Crippen LogP contribution in [0.1, 0.15) is 46.0 Å². The molecule has 0 aromatic carbocycles. The number of hydrogen-bond donors (Lipinski definition) is 2. The maximum atomic E-state index is 11.8. The van der Waals surface area contributed by atoms with Gasteiger partial charge in [-0.05, 0) is 51.9 Å². The molecule has 0 spiro atoms. The Bertz CT molecular complexity index is 306. The van der Waals surface area contributed by atoms with Gasteiger partial charge in [0.05, 0.1) is 0 Å². The Morgan fingerprint density at radius 2 is 1.91 bits per heavy atom. The highest BCUT2D eigenvalue weighted by Gasteiger charge is 2.07. The Morgan fingerprint density at radius 3 is 2.45 bits per heavy atom. The highest BCUT2D eigenvalue weighted by atomic mass is 35.5. The number of nitrogens with one attached hydrogen (secondary N) is 2. The van der Waals surface area contributed by atoms with Gasteiger partial charge in [0, 0.05) is 19.5 Å². The van der Waals surface area contributed by atoms with Gasteiger partial charge in [-0.2, -0.15) is 0 Å². The number of carbonyl (C=O) groups is 1. The van der Waals surface area contributed by atoms with Crippen molar-refractivity contribution in [3.63, 3.8) is 0 Å². The van der Waals surface area contributed by atoms with Gasteiger partial charge >= 0.3 is 0 Å². The molecule has 1 heterocycles. The van der Waals surface area contributed by atoms with E-state index in [1.165, 1.54) is 18.4 Å². The number of rotatable bonds is 10. The Labute approximate surface area is 148 Å². The van der Waals surface area contributed by atoms with Crippen LogP contribution >= 0.6 is 24.8 Å². The summed E-state index contributed by atoms with van der Waals surface area (Å²) < 4.78 is 0. The Kier molecular flexibility index (Phi) is 17.0. The predicted molar refractivity (Wildman–Crippen MR) is 99.3 cm³/mol. The van der Waals surface area contributed by atoms with Crippen molar-refractivity contribution in [3.8, 4) is 0 Å². The van der Waals surface area contributed by atoms with E-state index < -0.39 is 0 Å². The average molecular weight is 354 g/mol. The maximum absolute atomic E-state index is 11.8. The molecule has 1 aliphatic rings. The van der Waals surface area contributed by atoms with E-state index in [0.29, 0.717) is 6.42 Å². The van der Waals surface area contributed by atoms with Gasteiger partial charge < -0.3 is 15.5 Å². The first-order chi connectivity index (χ1) is 9.76. The molecule has 6 heteroatoms. The number of nitrogens with zero attached hydrogens (tertiary/aromatic N) is 1. The largest absolute Gasteiger partial charge is 0.352 e. The molecule has 0 aliphatic carbocycles. The molecule has 132 valence electrons. The molecule has 1 aliphatic heterocycles. The van der Waals surface area contributed by atoms with Gasteiger partial charge in [0.2, 0.25) is 5.91 Å². The molecule has 22 heavy (non-hydrogen) atoms. The van der Waals surface area contributed by atoms with Gasteiger partial charge in [-0.3, -0.25) is 4.79 Å². The van der Waals surface area contributed by atoms with Crippen LogP contribution in [0.2, 0.25) is 0 Å². The molecule has 0 unspecified atom stereocenters. The van der Waals surface area contributed by atoms with Gasteiger partial charge in [0.1, 0.15) is 0 Å². The summed E-state index contributed by atoms with van der Waals surface area (Å²) >= 11 is 0. The van der Waals surface area contributed by atoms with E-state index in [4.69, 9.17) is 0 Å². The summed E-state index contributed by atoms with van der Waals surface area (Å²) in [7, 11) is 0. The fourth-order valence-corrected chi connectivity index (χ4v) is 2.56. The summed E-state index contributed by atoms with van der Waals surface area (Å²) in [5, 5.41) is 6.31. The maximum Gasteiger partial charge on any atom is 0.220 e. The van der Waals surface area contributed by atoms with Crippen molar-refractivity contribution in [2.75, 3.05) is 39.3 Å². The molecular weight excluding hydrogens is 321 g/mol. The number of carbonyl (C=O) groups excluding carboxylic acids is 1. The van der Waals surface area contributed by atoms with Crippen molar-refractivity contribution < 1.29 is 4.79 Å². The van der Waals surface area contributed by atoms with Gasteiger partial charge in [0.15, 0.2) is 0 Å². The normalized spacial score (nSPS) is 13.9. The Hall–Kier alpha value is -0.290. The first-order valence-electron chi connectivity index (χ1n) is 8.14. The molecule has 0 aromatic rings. The van der Waals surface area contributed by atoms with Crippen LogP contribution in [-0.4, -0.2) is 50.1 Å². The van der Waals surface area contributed by atoms with Crippen molar-refractivity contribution in [1.82, 2.24) is 15.5 Å². The standard InChI is InChI=1S/C16H31N3O.2ClH/c1-3-11-19(12-4-2)13-5-6-16(20)18-14-15-7-9-17-10-8-15;;/h7,17H,3-6,8-14H2,1-2H3,(H,18,20);2*1H. The van der Waals surface area contributed by atoms with E-state index in [1.54, 1.807) is 0 Å². The minimum Gasteiger partial charge on any atom is -0.352 e. The minimum atomic E-state index is 0. The number of halogens is 2. The molecule has 0 fully saturated rings. The minimum absolute atomic E-state index is 0. The van der Waals surface area contributed by atoms with Crippen molar-refractivity contribution in [2.45, 2.75) is 46.0 Å². The van der Waals surface area contributed by atoms with E-state index in [-0.39, 0.29) is 30.7 Å². The highest BCUT2D eigenvalue weighted by Crippen LogP contribution is 2.03. The van der Waals surface area contributed by atoms with Crippen LogP contribution in [0.5, 0.6) is 0 Å². The molecule has 0 bridgehead atoms. The summed E-state index contributed by atoms with van der Waals surface area (Å²) in [5.74, 6) is 0.192. The zero-order valence-corrected chi connectivity index (χ0v) is 15.7. The zero-order valence-electron chi connectivity index (χ0n) is 14.0. The summed E-state index contributed by atoms with van der Waals surface area (Å²) in [4.78, 5) is 14.3. The third-order valence-electron chi connectivity index (χ3n) is 3.63. The molecule has 0 radical (unpaired) electrons. The Morgan fingerprint density at radius 1 is 1.23 bits per heavy atom. The molecule has 0 aromatic heterocycles. The van der Waals surface area contributed by atoms with Crippen LogP contribution in [0, 0.1) is 0 Å². The fraction of sp³-hybridized carbons (Fsp3) is 0.812. The van der Waals surface area contributed by atoms with E-state index in [9.17, 15) is 4.79 Å². The molecule has 2 N–H and O–H groups in total. The van der Waals surface area contributed by atoms with Crippen LogP contribution in [0.3, 0.4) is 0 Å². The molecule has 0 atom stereocenters. The number of amides is 1. The molecule has 1 rings (SSSR count). The monoisotopic (exact) mass is 353 g/mol. The van der Waals surface area contributed by atoms with Crippen molar-refractivity contribution in [1.29, 1.82) is 0 Å². The lowest BCUT2D eigenvalue weighted by Gasteiger charge is -2.20. The van der Waals surface area contributed by atoms with Crippen molar-refractivity contribution >= 4 is 30.7 Å². The van der Waals surface area contributed by atoms with Gasteiger partial charge in [-0.25, -0.2) is 0 Å². The first-order valence-corrected chi connectivity index (χ1v) is 8.14. The molecular formula is C16H33Cl2N3O. The SMILES string of the molecule is CCCN(CCC)CCCC(=O)NCC1=CCNCC1.Cl.Cl. The third kappa shape index (κ3) is 11.3. The third-order valence-corrected chi connectivity index (χ3v) is 3.63. The van der Waals surface area contributed by atoms with Gasteiger partial charge in [-0.15, -0.1) is 24.8 Å². The van der Waals surface area contributed by atoms with Crippen LogP contribution in [0.4, 0.5) is 0 Å². The summed E-state index contributed by atoms with van der Waals surface area (Å²) in [5.41, 5.74) is 1.36. The van der Waals surface area contributed by atoms with E-state index in [2.05, 4.69) is 35.5 Å². The van der Waals surface area contributed by atoms with Crippen LogP contribution in [0.15, 0.2) is 11.6 Å². The molecule has 4 nitrogen and oxygen atoms in total. The fourth-order valence-electron chi connectivity index (χ4n) is 2.56. The van der Waals surface area contributed by atoms with Crippen LogP contribution in [-0.2, 0) is 4.79 Å². The lowest BCUT2D eigenvalue weighted by molar-refractivity contribution is -0.121. The summed E-state index contributed by atoms with van der Waals surface area (Å²) in [6.07, 6.45) is 7.24. The molecule has 0 saturated carbocycles. The highest BCUT2D eigenvalue weighted by molar-refractivity contribution is 5.85. The van der Waals surface area contributed by atoms with Crippen LogP contribution in [0.25, 0.3) is 0 Å². The van der Waals surface area contributed by atoms with Gasteiger partial charge in [0.25, 0.3) is 0 Å². The van der Waals surface area contributed by atoms with E-state index in [1.807, 2.05) is 0 Å². The first kappa shape index (κ1) is 24.0. The lowest BCUT2D eigenvalue weighted by Crippen LogP contribution is -2.31. The predicted octanol–water partition coefficient (Wildman–Crippen LogP) is 2.77. The second kappa shape index (κ2) is 15.6. The van der Waals surface area contributed by atoms with Crippen molar-refractivity contribution in [2.24, 2.45) is 0 Å². The smallest absolute Gasteiger partial charge is 0.220 e. The van der Waals surface area contributed by atoms with Crippen LogP contribution < -0.4 is 10.6 Å². The summed E-state index contributed by atoms with van der Waals surface area (Å²) in [6, 6.07) is 0. The second-order valence-corrected chi connectivity index (χ2v) is 5.54. The average Bonchev–Trinajstić information content (AvgIpc) is 2.47. The number of hydrogen-bond acceptors (Lipinski definition) is 3.